The summed E-state index contributed by atoms with van der Waals surface area (Å²) in [6, 6.07) is 13.5. The van der Waals surface area contributed by atoms with Crippen molar-refractivity contribution < 1.29 is 4.74 Å². The van der Waals surface area contributed by atoms with E-state index in [0.717, 1.165) is 18.1 Å². The van der Waals surface area contributed by atoms with Crippen LogP contribution in [0.5, 0.6) is 5.75 Å². The van der Waals surface area contributed by atoms with E-state index in [1.807, 2.05) is 6.07 Å². The minimum atomic E-state index is 0.572. The second kappa shape index (κ2) is 6.48. The predicted octanol–water partition coefficient (Wildman–Crippen LogP) is 4.17. The fraction of sp³-hybridized carbons (Fsp3) is 0.474. The molecule has 0 radical (unpaired) electrons. The van der Waals surface area contributed by atoms with Crippen molar-refractivity contribution in [3.8, 4) is 5.75 Å². The molecule has 0 aromatic heterocycles. The summed E-state index contributed by atoms with van der Waals surface area (Å²) in [4.78, 5) is 0. The fourth-order valence-electron chi connectivity index (χ4n) is 3.08. The van der Waals surface area contributed by atoms with Crippen molar-refractivity contribution in [3.63, 3.8) is 0 Å². The third-order valence-corrected chi connectivity index (χ3v) is 4.67. The van der Waals surface area contributed by atoms with Gasteiger partial charge in [-0.1, -0.05) is 37.1 Å². The van der Waals surface area contributed by atoms with Gasteiger partial charge in [0.2, 0.25) is 0 Å². The quantitative estimate of drug-likeness (QED) is 0.823. The lowest BCUT2D eigenvalue weighted by Crippen LogP contribution is -2.27. The SMILES string of the molecule is CNC(CCC1CC1)Cc1cccc2ccc(OC)cc12. The molecule has 1 aliphatic carbocycles. The number of nitrogens with one attached hydrogen (secondary N) is 1. The zero-order valence-corrected chi connectivity index (χ0v) is 13.1. The van der Waals surface area contributed by atoms with Crippen LogP contribution in [0.1, 0.15) is 31.2 Å². The first-order valence-corrected chi connectivity index (χ1v) is 8.03. The highest BCUT2D eigenvalue weighted by Gasteiger charge is 2.22. The summed E-state index contributed by atoms with van der Waals surface area (Å²) in [5, 5.41) is 6.12. The molecule has 0 heterocycles. The van der Waals surface area contributed by atoms with Crippen molar-refractivity contribution in [1.29, 1.82) is 0 Å². The summed E-state index contributed by atoms with van der Waals surface area (Å²) in [6.07, 6.45) is 6.64. The second-order valence-electron chi connectivity index (χ2n) is 6.21. The zero-order chi connectivity index (χ0) is 14.7. The average Bonchev–Trinajstić information content (AvgIpc) is 3.35. The van der Waals surface area contributed by atoms with Crippen LogP contribution >= 0.6 is 0 Å². The van der Waals surface area contributed by atoms with Gasteiger partial charge in [0, 0.05) is 6.04 Å². The molecule has 2 heteroatoms. The Hall–Kier alpha value is -1.54. The molecule has 1 saturated carbocycles. The van der Waals surface area contributed by atoms with Crippen LogP contribution in [0.15, 0.2) is 36.4 Å². The Labute approximate surface area is 127 Å². The van der Waals surface area contributed by atoms with Gasteiger partial charge in [-0.25, -0.2) is 0 Å². The van der Waals surface area contributed by atoms with Crippen LogP contribution in [-0.4, -0.2) is 20.2 Å². The molecule has 2 aromatic carbocycles. The van der Waals surface area contributed by atoms with Crippen molar-refractivity contribution in [2.24, 2.45) is 5.92 Å². The monoisotopic (exact) mass is 283 g/mol. The first-order valence-electron chi connectivity index (χ1n) is 8.03. The Morgan fingerprint density at radius 2 is 2.10 bits per heavy atom. The maximum atomic E-state index is 5.38. The molecule has 0 saturated heterocycles. The van der Waals surface area contributed by atoms with Gasteiger partial charge in [-0.15, -0.1) is 0 Å². The average molecular weight is 283 g/mol. The number of fused-ring (bicyclic) bond motifs is 1. The number of likely N-dealkylation sites (N-methyl/N-ethyl adjacent to an activating group) is 1. The normalized spacial score (nSPS) is 16.1. The fourth-order valence-corrected chi connectivity index (χ4v) is 3.08. The van der Waals surface area contributed by atoms with Crippen molar-refractivity contribution in [2.75, 3.05) is 14.2 Å². The lowest BCUT2D eigenvalue weighted by Gasteiger charge is -2.17. The smallest absolute Gasteiger partial charge is 0.119 e. The Kier molecular flexibility index (Phi) is 4.45. The van der Waals surface area contributed by atoms with Crippen molar-refractivity contribution in [2.45, 2.75) is 38.1 Å². The Bertz CT molecular complexity index is 604. The molecule has 0 amide bonds. The van der Waals surface area contributed by atoms with Crippen LogP contribution in [0.3, 0.4) is 0 Å². The van der Waals surface area contributed by atoms with Crippen LogP contribution in [0.4, 0.5) is 0 Å². The lowest BCUT2D eigenvalue weighted by molar-refractivity contribution is 0.415. The molecule has 2 nitrogen and oxygen atoms in total. The van der Waals surface area contributed by atoms with Crippen molar-refractivity contribution in [1.82, 2.24) is 5.32 Å². The minimum absolute atomic E-state index is 0.572. The van der Waals surface area contributed by atoms with E-state index in [1.165, 1.54) is 42.0 Å². The largest absolute Gasteiger partial charge is 0.497 e. The highest BCUT2D eigenvalue weighted by Crippen LogP contribution is 2.34. The molecular formula is C19H25NO. The first-order chi connectivity index (χ1) is 10.3. The third-order valence-electron chi connectivity index (χ3n) is 4.67. The molecule has 1 atom stereocenters. The van der Waals surface area contributed by atoms with E-state index in [1.54, 1.807) is 7.11 Å². The van der Waals surface area contributed by atoms with Gasteiger partial charge in [0.15, 0.2) is 0 Å². The summed E-state index contributed by atoms with van der Waals surface area (Å²) >= 11 is 0. The van der Waals surface area contributed by atoms with Gasteiger partial charge in [0.25, 0.3) is 0 Å². The zero-order valence-electron chi connectivity index (χ0n) is 13.1. The van der Waals surface area contributed by atoms with E-state index in [9.17, 15) is 0 Å². The van der Waals surface area contributed by atoms with Crippen molar-refractivity contribution in [3.05, 3.63) is 42.0 Å². The summed E-state index contributed by atoms with van der Waals surface area (Å²) in [5.74, 6) is 1.95. The van der Waals surface area contributed by atoms with E-state index >= 15 is 0 Å². The molecule has 21 heavy (non-hydrogen) atoms. The lowest BCUT2D eigenvalue weighted by atomic mass is 9.96. The van der Waals surface area contributed by atoms with Crippen LogP contribution in [0, 0.1) is 5.92 Å². The second-order valence-corrected chi connectivity index (χ2v) is 6.21. The Balaban J connectivity index is 1.80. The molecule has 1 N–H and O–H groups in total. The number of ether oxygens (including phenoxy) is 1. The molecule has 1 aliphatic rings. The van der Waals surface area contributed by atoms with Gasteiger partial charge in [-0.2, -0.15) is 0 Å². The van der Waals surface area contributed by atoms with Crippen molar-refractivity contribution >= 4 is 10.8 Å². The number of rotatable bonds is 7. The van der Waals surface area contributed by atoms with Gasteiger partial charge in [0.1, 0.15) is 5.75 Å². The molecule has 0 bridgehead atoms. The predicted molar refractivity (Wildman–Crippen MR) is 89.0 cm³/mol. The van der Waals surface area contributed by atoms with Crippen LogP contribution in [0.25, 0.3) is 10.8 Å². The van der Waals surface area contributed by atoms with Crippen LogP contribution < -0.4 is 10.1 Å². The molecule has 112 valence electrons. The van der Waals surface area contributed by atoms with E-state index in [-0.39, 0.29) is 0 Å². The summed E-state index contributed by atoms with van der Waals surface area (Å²) in [7, 11) is 3.82. The van der Waals surface area contributed by atoms with Gasteiger partial charge in [-0.05, 0) is 60.7 Å². The van der Waals surface area contributed by atoms with E-state index < -0.39 is 0 Å². The summed E-state index contributed by atoms with van der Waals surface area (Å²) in [5.41, 5.74) is 1.42. The van der Waals surface area contributed by atoms with Gasteiger partial charge >= 0.3 is 0 Å². The number of methoxy groups -OCH3 is 1. The summed E-state index contributed by atoms with van der Waals surface area (Å²) in [6.45, 7) is 0. The number of hydrogen-bond acceptors (Lipinski definition) is 2. The Morgan fingerprint density at radius 3 is 2.81 bits per heavy atom. The van der Waals surface area contributed by atoms with E-state index in [2.05, 4.69) is 42.7 Å². The number of hydrogen-bond donors (Lipinski definition) is 1. The summed E-state index contributed by atoms with van der Waals surface area (Å²) < 4.78 is 5.38. The van der Waals surface area contributed by atoms with Gasteiger partial charge in [-0.3, -0.25) is 0 Å². The van der Waals surface area contributed by atoms with Crippen LogP contribution in [0.2, 0.25) is 0 Å². The molecule has 3 rings (SSSR count). The third kappa shape index (κ3) is 3.56. The van der Waals surface area contributed by atoms with Gasteiger partial charge < -0.3 is 10.1 Å². The number of benzene rings is 2. The molecular weight excluding hydrogens is 258 g/mol. The molecule has 2 aromatic rings. The van der Waals surface area contributed by atoms with E-state index in [0.29, 0.717) is 6.04 Å². The van der Waals surface area contributed by atoms with Crippen LogP contribution in [-0.2, 0) is 6.42 Å². The topological polar surface area (TPSA) is 21.3 Å². The van der Waals surface area contributed by atoms with E-state index in [4.69, 9.17) is 4.74 Å². The Morgan fingerprint density at radius 1 is 1.24 bits per heavy atom. The minimum Gasteiger partial charge on any atom is -0.497 e. The highest BCUT2D eigenvalue weighted by molar-refractivity contribution is 5.87. The molecule has 1 fully saturated rings. The highest BCUT2D eigenvalue weighted by atomic mass is 16.5. The molecule has 1 unspecified atom stereocenters. The standard InChI is InChI=1S/C19H25NO/c1-20-17(10-8-14-6-7-14)12-16-5-3-4-15-9-11-18(21-2)13-19(15)16/h3-5,9,11,13-14,17,20H,6-8,10,12H2,1-2H3. The van der Waals surface area contributed by atoms with Gasteiger partial charge in [0.05, 0.1) is 7.11 Å². The molecule has 0 spiro atoms. The first kappa shape index (κ1) is 14.4. The molecule has 0 aliphatic heterocycles. The maximum absolute atomic E-state index is 5.38. The maximum Gasteiger partial charge on any atom is 0.119 e.